The Morgan fingerprint density at radius 3 is 2.85 bits per heavy atom. The molecule has 0 aliphatic heterocycles. The molecule has 0 atom stereocenters. The minimum Gasteiger partial charge on any atom is -0.368 e. The van der Waals surface area contributed by atoms with Crippen molar-refractivity contribution in [2.75, 3.05) is 11.1 Å². The molecular weight excluding hydrogens is 347 g/mol. The summed E-state index contributed by atoms with van der Waals surface area (Å²) >= 11 is 0. The molecule has 0 spiro atoms. The normalized spacial score (nSPS) is 10.7. The first-order valence-electron chi connectivity index (χ1n) is 8.00. The Bertz CT molecular complexity index is 1160. The van der Waals surface area contributed by atoms with Gasteiger partial charge in [0.2, 0.25) is 5.95 Å². The van der Waals surface area contributed by atoms with E-state index < -0.39 is 0 Å². The van der Waals surface area contributed by atoms with E-state index in [-0.39, 0.29) is 23.9 Å². The van der Waals surface area contributed by atoms with Crippen LogP contribution in [0.2, 0.25) is 0 Å². The molecule has 27 heavy (non-hydrogen) atoms. The lowest BCUT2D eigenvalue weighted by Crippen LogP contribution is -2.11. The number of hydrogen-bond donors (Lipinski definition) is 2. The second-order valence-corrected chi connectivity index (χ2v) is 5.64. The smallest absolute Gasteiger partial charge is 0.222 e. The fraction of sp³-hybridized carbons (Fsp3) is 0.0556. The van der Waals surface area contributed by atoms with Crippen molar-refractivity contribution in [3.05, 3.63) is 66.0 Å². The lowest BCUT2D eigenvalue weighted by atomic mass is 10.3. The first-order chi connectivity index (χ1) is 13.2. The number of pyridine rings is 1. The third-order valence-electron chi connectivity index (χ3n) is 3.91. The summed E-state index contributed by atoms with van der Waals surface area (Å²) in [6.07, 6.45) is 3.00. The zero-order valence-electron chi connectivity index (χ0n) is 14.0. The molecule has 0 unspecified atom stereocenters. The number of nitrogen functional groups attached to an aromatic ring is 1. The highest BCUT2D eigenvalue weighted by atomic mass is 19.1. The van der Waals surface area contributed by atoms with E-state index in [1.807, 2.05) is 12.1 Å². The summed E-state index contributed by atoms with van der Waals surface area (Å²) in [6, 6.07) is 11.8. The van der Waals surface area contributed by atoms with Gasteiger partial charge in [0, 0.05) is 12.3 Å². The Hall–Kier alpha value is -4.06. The van der Waals surface area contributed by atoms with E-state index in [9.17, 15) is 9.65 Å². The van der Waals surface area contributed by atoms with E-state index in [4.69, 9.17) is 5.73 Å². The average molecular weight is 360 g/mol. The number of aromatic nitrogens is 5. The summed E-state index contributed by atoms with van der Waals surface area (Å²) in [4.78, 5) is 16.8. The molecule has 0 fully saturated rings. The molecule has 8 nitrogen and oxygen atoms in total. The van der Waals surface area contributed by atoms with Crippen LogP contribution in [-0.2, 0) is 6.54 Å². The molecule has 3 heterocycles. The Labute approximate surface area is 153 Å². The molecule has 4 aromatic rings. The molecule has 0 aliphatic carbocycles. The van der Waals surface area contributed by atoms with Gasteiger partial charge in [-0.3, -0.25) is 4.57 Å². The number of benzene rings is 1. The van der Waals surface area contributed by atoms with Crippen molar-refractivity contribution < 1.29 is 4.39 Å². The van der Waals surface area contributed by atoms with Crippen LogP contribution in [0.25, 0.3) is 16.9 Å². The topological polar surface area (TPSA) is 118 Å². The Balaban J connectivity index is 1.78. The van der Waals surface area contributed by atoms with Gasteiger partial charge in [-0.1, -0.05) is 6.07 Å². The molecule has 0 saturated carbocycles. The molecule has 132 valence electrons. The fourth-order valence-corrected chi connectivity index (χ4v) is 2.73. The molecule has 1 aromatic carbocycles. The zero-order chi connectivity index (χ0) is 18.8. The number of nitriles is 1. The van der Waals surface area contributed by atoms with Gasteiger partial charge < -0.3 is 11.1 Å². The number of nitrogens with one attached hydrogen (secondary N) is 1. The molecular formula is C18H13FN8. The van der Waals surface area contributed by atoms with Gasteiger partial charge in [-0.25, -0.2) is 19.3 Å². The minimum absolute atomic E-state index is 0.0526. The summed E-state index contributed by atoms with van der Waals surface area (Å²) in [5.74, 6) is 1.17. The van der Waals surface area contributed by atoms with E-state index >= 15 is 0 Å². The molecule has 3 N–H and O–H groups in total. The van der Waals surface area contributed by atoms with Crippen molar-refractivity contribution >= 4 is 22.8 Å². The Morgan fingerprint density at radius 1 is 1.19 bits per heavy atom. The van der Waals surface area contributed by atoms with Gasteiger partial charge in [0.15, 0.2) is 0 Å². The van der Waals surface area contributed by atoms with Crippen molar-refractivity contribution in [1.29, 1.82) is 5.26 Å². The third-order valence-corrected chi connectivity index (χ3v) is 3.91. The lowest BCUT2D eigenvalue weighted by Gasteiger charge is -2.10. The lowest BCUT2D eigenvalue weighted by molar-refractivity contribution is 0.629. The second-order valence-electron chi connectivity index (χ2n) is 5.64. The molecule has 4 rings (SSSR count). The highest BCUT2D eigenvalue weighted by Gasteiger charge is 2.15. The first-order valence-corrected chi connectivity index (χ1v) is 8.00. The molecule has 0 radical (unpaired) electrons. The second kappa shape index (κ2) is 6.68. The zero-order valence-corrected chi connectivity index (χ0v) is 14.0. The first kappa shape index (κ1) is 16.4. The SMILES string of the molecule is N#Cc1cnc(N)nc1NCc1nc2ccc(F)cc2n1-c1ccccn1. The van der Waals surface area contributed by atoms with Gasteiger partial charge >= 0.3 is 0 Å². The van der Waals surface area contributed by atoms with Crippen LogP contribution in [0, 0.1) is 17.1 Å². The summed E-state index contributed by atoms with van der Waals surface area (Å²) < 4.78 is 15.5. The predicted molar refractivity (Wildman–Crippen MR) is 97.3 cm³/mol. The van der Waals surface area contributed by atoms with Crippen LogP contribution in [0.5, 0.6) is 0 Å². The largest absolute Gasteiger partial charge is 0.368 e. The maximum absolute atomic E-state index is 13.8. The molecule has 0 amide bonds. The highest BCUT2D eigenvalue weighted by molar-refractivity contribution is 5.78. The van der Waals surface area contributed by atoms with Crippen LogP contribution in [0.1, 0.15) is 11.4 Å². The van der Waals surface area contributed by atoms with Crippen molar-refractivity contribution in [2.45, 2.75) is 6.54 Å². The molecule has 0 saturated heterocycles. The van der Waals surface area contributed by atoms with Gasteiger partial charge in [0.25, 0.3) is 0 Å². The van der Waals surface area contributed by atoms with Gasteiger partial charge in [0.1, 0.15) is 34.9 Å². The van der Waals surface area contributed by atoms with Crippen LogP contribution in [0.3, 0.4) is 0 Å². The quantitative estimate of drug-likeness (QED) is 0.573. The number of hydrogen-bond acceptors (Lipinski definition) is 7. The number of imidazole rings is 1. The van der Waals surface area contributed by atoms with Gasteiger partial charge in [-0.05, 0) is 24.3 Å². The van der Waals surface area contributed by atoms with Crippen molar-refractivity contribution in [3.8, 4) is 11.9 Å². The van der Waals surface area contributed by atoms with Crippen molar-refractivity contribution in [2.24, 2.45) is 0 Å². The number of nitrogens with two attached hydrogens (primary N) is 1. The monoisotopic (exact) mass is 360 g/mol. The number of halogens is 1. The van der Waals surface area contributed by atoms with Crippen LogP contribution in [-0.4, -0.2) is 24.5 Å². The Morgan fingerprint density at radius 2 is 2.07 bits per heavy atom. The average Bonchev–Trinajstić information content (AvgIpc) is 3.04. The maximum Gasteiger partial charge on any atom is 0.222 e. The van der Waals surface area contributed by atoms with E-state index in [0.29, 0.717) is 28.5 Å². The van der Waals surface area contributed by atoms with Gasteiger partial charge in [-0.2, -0.15) is 10.2 Å². The number of nitrogens with zero attached hydrogens (tertiary/aromatic N) is 6. The van der Waals surface area contributed by atoms with Crippen LogP contribution >= 0.6 is 0 Å². The Kier molecular flexibility index (Phi) is 4.06. The molecule has 0 bridgehead atoms. The number of anilines is 2. The maximum atomic E-state index is 13.8. The molecule has 0 aliphatic rings. The summed E-state index contributed by atoms with van der Waals surface area (Å²) in [6.45, 7) is 0.220. The number of rotatable bonds is 4. The summed E-state index contributed by atoms with van der Waals surface area (Å²) in [5.41, 5.74) is 7.08. The summed E-state index contributed by atoms with van der Waals surface area (Å²) in [5, 5.41) is 12.2. The van der Waals surface area contributed by atoms with Gasteiger partial charge in [0.05, 0.1) is 23.8 Å². The minimum atomic E-state index is -0.366. The van der Waals surface area contributed by atoms with Crippen molar-refractivity contribution in [1.82, 2.24) is 24.5 Å². The van der Waals surface area contributed by atoms with Crippen LogP contribution < -0.4 is 11.1 Å². The highest BCUT2D eigenvalue weighted by Crippen LogP contribution is 2.22. The third kappa shape index (κ3) is 3.11. The molecule has 3 aromatic heterocycles. The van der Waals surface area contributed by atoms with E-state index in [0.717, 1.165) is 0 Å². The summed E-state index contributed by atoms with van der Waals surface area (Å²) in [7, 11) is 0. The number of fused-ring (bicyclic) bond motifs is 1. The van der Waals surface area contributed by atoms with Gasteiger partial charge in [-0.15, -0.1) is 0 Å². The fourth-order valence-electron chi connectivity index (χ4n) is 2.73. The standard InChI is InChI=1S/C18H13FN8/c19-12-4-5-13-14(7-12)27(15-3-1-2-6-22-15)16(25-13)10-23-17-11(8-20)9-24-18(21)26-17/h1-7,9H,10H2,(H3,21,23,24,26). The van der Waals surface area contributed by atoms with E-state index in [1.54, 1.807) is 29.0 Å². The van der Waals surface area contributed by atoms with Crippen LogP contribution in [0.4, 0.5) is 16.2 Å². The van der Waals surface area contributed by atoms with Crippen molar-refractivity contribution in [3.63, 3.8) is 0 Å². The van der Waals surface area contributed by atoms with E-state index in [1.165, 1.54) is 18.3 Å². The van der Waals surface area contributed by atoms with Crippen LogP contribution in [0.15, 0.2) is 48.8 Å². The predicted octanol–water partition coefficient (Wildman–Crippen LogP) is 2.42. The van der Waals surface area contributed by atoms with E-state index in [2.05, 4.69) is 25.3 Å². The molecule has 9 heteroatoms.